The molecule has 3 rings (SSSR count). The molecule has 34 heavy (non-hydrogen) atoms. The predicted octanol–water partition coefficient (Wildman–Crippen LogP) is 5.31. The number of likely N-dealkylation sites (N-methyl/N-ethyl adjacent to an activating group) is 2. The van der Waals surface area contributed by atoms with Gasteiger partial charge < -0.3 is 8.97 Å². The normalized spacial score (nSPS) is 29.2. The van der Waals surface area contributed by atoms with Gasteiger partial charge in [0.1, 0.15) is 13.1 Å². The number of nitrogens with zero attached hydrogens (tertiary/aromatic N) is 3. The Balaban J connectivity index is 1.47. The molecular formula is C31H47N3+2. The van der Waals surface area contributed by atoms with Crippen molar-refractivity contribution in [3.8, 4) is 0 Å². The largest absolute Gasteiger partial charge is 0.324 e. The molecule has 0 aromatic carbocycles. The van der Waals surface area contributed by atoms with E-state index in [1.54, 1.807) is 0 Å². The van der Waals surface area contributed by atoms with E-state index >= 15 is 0 Å². The summed E-state index contributed by atoms with van der Waals surface area (Å²) in [4.78, 5) is 2.66. The van der Waals surface area contributed by atoms with Crippen molar-refractivity contribution in [2.75, 3.05) is 73.5 Å². The summed E-state index contributed by atoms with van der Waals surface area (Å²) in [5, 5.41) is 0. The van der Waals surface area contributed by atoms with Crippen molar-refractivity contribution >= 4 is 0 Å². The van der Waals surface area contributed by atoms with Gasteiger partial charge in [-0.15, -0.1) is 13.2 Å². The van der Waals surface area contributed by atoms with Crippen LogP contribution < -0.4 is 0 Å². The molecule has 0 amide bonds. The average Bonchev–Trinajstić information content (AvgIpc) is 3.10. The minimum atomic E-state index is -0.0434. The van der Waals surface area contributed by atoms with Crippen LogP contribution in [-0.2, 0) is 0 Å². The zero-order valence-electron chi connectivity index (χ0n) is 22.3. The molecule has 0 N–H and O–H groups in total. The Morgan fingerprint density at radius 1 is 0.912 bits per heavy atom. The molecule has 3 heteroatoms. The molecule has 1 fully saturated rings. The molecule has 0 bridgehead atoms. The van der Waals surface area contributed by atoms with Gasteiger partial charge in [0.05, 0.1) is 40.8 Å². The number of hydrogen-bond donors (Lipinski definition) is 0. The lowest BCUT2D eigenvalue weighted by molar-refractivity contribution is -0.910. The van der Waals surface area contributed by atoms with Crippen molar-refractivity contribution in [3.05, 3.63) is 97.2 Å². The maximum atomic E-state index is 3.99. The van der Waals surface area contributed by atoms with Crippen molar-refractivity contribution in [2.45, 2.75) is 13.8 Å². The fraction of sp³-hybridized carbons (Fsp3) is 0.484. The van der Waals surface area contributed by atoms with E-state index in [-0.39, 0.29) is 10.8 Å². The van der Waals surface area contributed by atoms with E-state index in [2.05, 4.69) is 114 Å². The predicted molar refractivity (Wildman–Crippen MR) is 148 cm³/mol. The van der Waals surface area contributed by atoms with Crippen molar-refractivity contribution in [1.82, 2.24) is 4.90 Å². The molecule has 1 saturated heterocycles. The summed E-state index contributed by atoms with van der Waals surface area (Å²) in [6.45, 7) is 21.6. The van der Waals surface area contributed by atoms with Crippen LogP contribution in [0.1, 0.15) is 13.8 Å². The summed E-state index contributed by atoms with van der Waals surface area (Å²) in [6.07, 6.45) is 26.6. The van der Waals surface area contributed by atoms with Crippen molar-refractivity contribution in [3.63, 3.8) is 0 Å². The van der Waals surface area contributed by atoms with Crippen LogP contribution >= 0.6 is 0 Å². The van der Waals surface area contributed by atoms with Crippen molar-refractivity contribution in [1.29, 1.82) is 0 Å². The van der Waals surface area contributed by atoms with Crippen LogP contribution in [0.4, 0.5) is 0 Å². The van der Waals surface area contributed by atoms with Gasteiger partial charge in [0.15, 0.2) is 0 Å². The summed E-state index contributed by atoms with van der Waals surface area (Å²) < 4.78 is 2.12. The second kappa shape index (κ2) is 10.6. The lowest BCUT2D eigenvalue weighted by atomic mass is 9.90. The Morgan fingerprint density at radius 2 is 1.44 bits per heavy atom. The summed E-state index contributed by atoms with van der Waals surface area (Å²) in [5.41, 5.74) is 2.73. The van der Waals surface area contributed by atoms with Crippen molar-refractivity contribution in [2.24, 2.45) is 10.8 Å². The first-order valence-electron chi connectivity index (χ1n) is 12.8. The highest BCUT2D eigenvalue weighted by Gasteiger charge is 2.30. The van der Waals surface area contributed by atoms with Gasteiger partial charge >= 0.3 is 0 Å². The molecule has 0 aromatic rings. The average molecular weight is 462 g/mol. The van der Waals surface area contributed by atoms with Gasteiger partial charge in [-0.05, 0) is 13.8 Å². The highest BCUT2D eigenvalue weighted by Crippen LogP contribution is 2.27. The molecule has 0 saturated carbocycles. The number of hydrogen-bond acceptors (Lipinski definition) is 1. The van der Waals surface area contributed by atoms with Gasteiger partial charge in [-0.3, -0.25) is 4.90 Å². The molecule has 1 aliphatic heterocycles. The molecule has 0 spiro atoms. The van der Waals surface area contributed by atoms with Crippen LogP contribution in [0.25, 0.3) is 0 Å². The zero-order valence-corrected chi connectivity index (χ0v) is 22.3. The fourth-order valence-corrected chi connectivity index (χ4v) is 4.83. The molecule has 184 valence electrons. The van der Waals surface area contributed by atoms with E-state index in [1.165, 1.54) is 37.3 Å². The van der Waals surface area contributed by atoms with Gasteiger partial charge in [0.2, 0.25) is 0 Å². The Kier molecular flexibility index (Phi) is 8.23. The quantitative estimate of drug-likeness (QED) is 0.332. The van der Waals surface area contributed by atoms with E-state index < -0.39 is 0 Å². The first kappa shape index (κ1) is 26.4. The lowest BCUT2D eigenvalue weighted by Crippen LogP contribution is -2.59. The molecule has 2 unspecified atom stereocenters. The zero-order chi connectivity index (χ0) is 24.9. The number of quaternary nitrogens is 2. The molecule has 1 heterocycles. The van der Waals surface area contributed by atoms with Gasteiger partial charge in [-0.1, -0.05) is 72.9 Å². The maximum Gasteiger partial charge on any atom is 0.104 e. The molecule has 3 nitrogen and oxygen atoms in total. The van der Waals surface area contributed by atoms with Crippen LogP contribution in [0.15, 0.2) is 97.2 Å². The molecule has 2 atom stereocenters. The van der Waals surface area contributed by atoms with Crippen LogP contribution in [0, 0.1) is 10.8 Å². The molecule has 2 aliphatic carbocycles. The monoisotopic (exact) mass is 461 g/mol. The van der Waals surface area contributed by atoms with Crippen LogP contribution in [-0.4, -0.2) is 87.4 Å². The van der Waals surface area contributed by atoms with Crippen LogP contribution in [0.2, 0.25) is 0 Å². The summed E-state index contributed by atoms with van der Waals surface area (Å²) in [7, 11) is 7.13. The second-order valence-electron chi connectivity index (χ2n) is 11.9. The van der Waals surface area contributed by atoms with Crippen LogP contribution in [0.5, 0.6) is 0 Å². The Bertz CT molecular complexity index is 934. The van der Waals surface area contributed by atoms with Crippen LogP contribution in [0.3, 0.4) is 0 Å². The Morgan fingerprint density at radius 3 is 2.00 bits per heavy atom. The number of allylic oxidation sites excluding steroid dienone is 10. The lowest BCUT2D eigenvalue weighted by Gasteiger charge is -2.43. The van der Waals surface area contributed by atoms with E-state index in [0.29, 0.717) is 0 Å². The van der Waals surface area contributed by atoms with E-state index in [0.717, 1.165) is 35.1 Å². The van der Waals surface area contributed by atoms with Gasteiger partial charge in [-0.25, -0.2) is 0 Å². The SMILES string of the molecule is C=CC1(C)C=CC=C(C[N+](C)(C)CCN2CC[N+](C)(CC3=CC=CC(C)(C=C)C=C3)CC2)C=C1. The first-order valence-corrected chi connectivity index (χ1v) is 12.8. The summed E-state index contributed by atoms with van der Waals surface area (Å²) in [5.74, 6) is 0. The molecule has 0 radical (unpaired) electrons. The third-order valence-electron chi connectivity index (χ3n) is 7.83. The van der Waals surface area contributed by atoms with E-state index in [1.807, 2.05) is 12.2 Å². The smallest absolute Gasteiger partial charge is 0.104 e. The minimum absolute atomic E-state index is 0.0369. The van der Waals surface area contributed by atoms with E-state index in [9.17, 15) is 0 Å². The topological polar surface area (TPSA) is 3.24 Å². The van der Waals surface area contributed by atoms with E-state index in [4.69, 9.17) is 0 Å². The number of piperazine rings is 1. The maximum absolute atomic E-state index is 3.99. The van der Waals surface area contributed by atoms with Crippen molar-refractivity contribution < 1.29 is 8.97 Å². The Labute approximate surface area is 209 Å². The highest BCUT2D eigenvalue weighted by molar-refractivity contribution is 5.35. The number of rotatable bonds is 9. The standard InChI is InChI=1S/C31H47N3/c1-8-30(3)16-10-12-28(14-18-30)26-33(5,6)23-20-32-21-24-34(7,25-22-32)27-29-13-11-17-31(4,9-2)19-15-29/h8-19H,1-2,20-27H2,3-7H3/q+2. The first-order chi connectivity index (χ1) is 16.0. The third-order valence-corrected chi connectivity index (χ3v) is 7.83. The molecule has 3 aliphatic rings. The molecule has 0 aromatic heterocycles. The fourth-order valence-electron chi connectivity index (χ4n) is 4.83. The Hall–Kier alpha value is -2.20. The summed E-state index contributed by atoms with van der Waals surface area (Å²) in [6, 6.07) is 0. The van der Waals surface area contributed by atoms with Gasteiger partial charge in [0.25, 0.3) is 0 Å². The van der Waals surface area contributed by atoms with Gasteiger partial charge in [-0.2, -0.15) is 0 Å². The second-order valence-corrected chi connectivity index (χ2v) is 11.9. The molecular weight excluding hydrogens is 414 g/mol. The summed E-state index contributed by atoms with van der Waals surface area (Å²) >= 11 is 0. The highest BCUT2D eigenvalue weighted by atomic mass is 15.4. The van der Waals surface area contributed by atoms with Gasteiger partial charge in [0, 0.05) is 41.6 Å². The third kappa shape index (κ3) is 7.40. The minimum Gasteiger partial charge on any atom is -0.324 e.